The number of alkyl halides is 3. The Morgan fingerprint density at radius 2 is 1.74 bits per heavy atom. The molecule has 3 aromatic rings. The molecule has 1 saturated heterocycles. The van der Waals surface area contributed by atoms with E-state index in [9.17, 15) is 22.8 Å². The molecule has 0 bridgehead atoms. The lowest BCUT2D eigenvalue weighted by Crippen LogP contribution is -2.52. The molecule has 9 nitrogen and oxygen atoms in total. The molecule has 2 amide bonds. The van der Waals surface area contributed by atoms with Crippen molar-refractivity contribution in [2.75, 3.05) is 26.2 Å². The molecule has 12 heteroatoms. The Morgan fingerprint density at radius 3 is 2.37 bits per heavy atom. The van der Waals surface area contributed by atoms with Crippen molar-refractivity contribution in [2.24, 2.45) is 0 Å². The number of fused-ring (bicyclic) bond motifs is 1. The second-order valence-electron chi connectivity index (χ2n) is 9.77. The summed E-state index contributed by atoms with van der Waals surface area (Å²) in [7, 11) is 0. The molecule has 2 aromatic heterocycles. The molecular weight excluding hydrogens is 503 g/mol. The zero-order chi connectivity index (χ0) is 27.7. The van der Waals surface area contributed by atoms with Crippen LogP contribution in [0.15, 0.2) is 42.6 Å². The van der Waals surface area contributed by atoms with E-state index in [0.29, 0.717) is 43.1 Å². The van der Waals surface area contributed by atoms with E-state index in [4.69, 9.17) is 14.7 Å². The molecule has 0 unspecified atom stereocenters. The minimum absolute atomic E-state index is 0.0276. The second-order valence-corrected chi connectivity index (χ2v) is 9.77. The summed E-state index contributed by atoms with van der Waals surface area (Å²) in [6, 6.07) is 10.1. The molecule has 0 radical (unpaired) electrons. The summed E-state index contributed by atoms with van der Waals surface area (Å²) in [6.45, 7) is 6.87. The van der Waals surface area contributed by atoms with Gasteiger partial charge in [-0.15, -0.1) is 0 Å². The molecule has 1 aliphatic heterocycles. The third kappa shape index (κ3) is 6.16. The Bertz CT molecular complexity index is 1400. The number of amides is 2. The number of hydrogen-bond acceptors (Lipinski definition) is 6. The zero-order valence-corrected chi connectivity index (χ0v) is 21.1. The van der Waals surface area contributed by atoms with Crippen molar-refractivity contribution in [3.05, 3.63) is 53.9 Å². The topological polar surface area (TPSA) is 101 Å². The van der Waals surface area contributed by atoms with Crippen LogP contribution in [0.5, 0.6) is 11.6 Å². The lowest BCUT2D eigenvalue weighted by molar-refractivity contribution is -0.141. The first-order valence-electron chi connectivity index (χ1n) is 11.8. The standard InChI is InChI=1S/C26H26F3N5O4/c1-25(2,3)38-24(36)33-11-9-32(10-12-33)23(35)16-34-8-7-18-19(34)5-4-6-20(18)37-22-14-17(15-30)13-21(31-22)26(27,28)29/h4-8,13-14H,9-12,16H2,1-3H3. The van der Waals surface area contributed by atoms with E-state index < -0.39 is 23.6 Å². The normalized spacial score (nSPS) is 14.3. The molecule has 38 heavy (non-hydrogen) atoms. The molecule has 0 saturated carbocycles. The maximum atomic E-state index is 13.2. The second kappa shape index (κ2) is 10.2. The molecule has 1 aliphatic rings. The van der Waals surface area contributed by atoms with Crippen LogP contribution in [0.1, 0.15) is 32.0 Å². The van der Waals surface area contributed by atoms with Gasteiger partial charge in [0.15, 0.2) is 0 Å². The Kier molecular flexibility index (Phi) is 7.22. The average molecular weight is 530 g/mol. The van der Waals surface area contributed by atoms with Crippen molar-refractivity contribution in [3.8, 4) is 17.7 Å². The first-order chi connectivity index (χ1) is 17.8. The summed E-state index contributed by atoms with van der Waals surface area (Å²) in [5.74, 6) is -0.276. The Balaban J connectivity index is 1.46. The number of benzene rings is 1. The van der Waals surface area contributed by atoms with Gasteiger partial charge >= 0.3 is 12.3 Å². The van der Waals surface area contributed by atoms with Gasteiger partial charge in [-0.2, -0.15) is 18.4 Å². The SMILES string of the molecule is CC(C)(C)OC(=O)N1CCN(C(=O)Cn2ccc3c(Oc4cc(C#N)cc(C(F)(F)F)n4)cccc32)CC1. The average Bonchev–Trinajstić information content (AvgIpc) is 3.26. The number of hydrogen-bond donors (Lipinski definition) is 0. The van der Waals surface area contributed by atoms with Crippen LogP contribution in [0.4, 0.5) is 18.0 Å². The van der Waals surface area contributed by atoms with Crippen molar-refractivity contribution in [3.63, 3.8) is 0 Å². The Labute approximate surface area is 217 Å². The van der Waals surface area contributed by atoms with E-state index in [1.165, 1.54) is 0 Å². The predicted molar refractivity (Wildman–Crippen MR) is 130 cm³/mol. The van der Waals surface area contributed by atoms with Crippen LogP contribution in [-0.4, -0.2) is 63.1 Å². The summed E-state index contributed by atoms with van der Waals surface area (Å²) in [6.07, 6.45) is -3.46. The fourth-order valence-electron chi connectivity index (χ4n) is 4.01. The largest absolute Gasteiger partial charge is 0.444 e. The fraction of sp³-hybridized carbons (Fsp3) is 0.385. The van der Waals surface area contributed by atoms with Gasteiger partial charge < -0.3 is 23.8 Å². The maximum absolute atomic E-state index is 13.2. The minimum atomic E-state index is -4.74. The first kappa shape index (κ1) is 26.8. The molecule has 1 fully saturated rings. The number of aromatic nitrogens is 2. The number of nitrogens with zero attached hydrogens (tertiary/aromatic N) is 5. The van der Waals surface area contributed by atoms with E-state index in [0.717, 1.165) is 6.07 Å². The highest BCUT2D eigenvalue weighted by molar-refractivity contribution is 5.88. The van der Waals surface area contributed by atoms with Crippen molar-refractivity contribution in [1.29, 1.82) is 5.26 Å². The number of carbonyl (C=O) groups is 2. The Hall–Kier alpha value is -4.27. The first-order valence-corrected chi connectivity index (χ1v) is 11.8. The molecule has 0 atom stereocenters. The summed E-state index contributed by atoms with van der Waals surface area (Å²) >= 11 is 0. The van der Waals surface area contributed by atoms with Crippen molar-refractivity contribution in [1.82, 2.24) is 19.4 Å². The number of piperazine rings is 1. The highest BCUT2D eigenvalue weighted by Crippen LogP contribution is 2.34. The van der Waals surface area contributed by atoms with Gasteiger partial charge in [-0.25, -0.2) is 9.78 Å². The quantitative estimate of drug-likeness (QED) is 0.482. The van der Waals surface area contributed by atoms with Crippen molar-refractivity contribution >= 4 is 22.9 Å². The fourth-order valence-corrected chi connectivity index (χ4v) is 4.01. The van der Waals surface area contributed by atoms with Crippen molar-refractivity contribution in [2.45, 2.75) is 39.1 Å². The molecule has 1 aromatic carbocycles. The predicted octanol–water partition coefficient (Wildman–Crippen LogP) is 4.80. The smallest absolute Gasteiger partial charge is 0.433 e. The summed E-state index contributed by atoms with van der Waals surface area (Å²) < 4.78 is 52.3. The van der Waals surface area contributed by atoms with Crippen LogP contribution in [0.2, 0.25) is 0 Å². The van der Waals surface area contributed by atoms with Crippen LogP contribution in [0.25, 0.3) is 10.9 Å². The summed E-state index contributed by atoms with van der Waals surface area (Å²) in [5, 5.41) is 9.67. The van der Waals surface area contributed by atoms with Gasteiger partial charge in [0.1, 0.15) is 23.6 Å². The van der Waals surface area contributed by atoms with Gasteiger partial charge in [-0.05, 0) is 45.0 Å². The molecule has 4 rings (SSSR count). The van der Waals surface area contributed by atoms with Crippen LogP contribution in [-0.2, 0) is 22.3 Å². The van der Waals surface area contributed by atoms with Crippen LogP contribution in [0, 0.1) is 11.3 Å². The number of carbonyl (C=O) groups excluding carboxylic acids is 2. The van der Waals surface area contributed by atoms with Crippen LogP contribution < -0.4 is 4.74 Å². The zero-order valence-electron chi connectivity index (χ0n) is 21.1. The monoisotopic (exact) mass is 529 g/mol. The minimum Gasteiger partial charge on any atom is -0.444 e. The van der Waals surface area contributed by atoms with E-state index >= 15 is 0 Å². The molecule has 0 aliphatic carbocycles. The van der Waals surface area contributed by atoms with Crippen LogP contribution in [0.3, 0.4) is 0 Å². The lowest BCUT2D eigenvalue weighted by atomic mass is 10.2. The number of halogens is 3. The molecular formula is C26H26F3N5O4. The highest BCUT2D eigenvalue weighted by atomic mass is 19.4. The van der Waals surface area contributed by atoms with E-state index in [1.54, 1.807) is 71.7 Å². The molecule has 0 N–H and O–H groups in total. The molecule has 200 valence electrons. The molecule has 0 spiro atoms. The number of pyridine rings is 1. The number of ether oxygens (including phenoxy) is 2. The lowest BCUT2D eigenvalue weighted by Gasteiger charge is -2.35. The van der Waals surface area contributed by atoms with Crippen LogP contribution >= 0.6 is 0 Å². The van der Waals surface area contributed by atoms with Gasteiger partial charge in [0.05, 0.1) is 17.1 Å². The van der Waals surface area contributed by atoms with Gasteiger partial charge in [0.25, 0.3) is 0 Å². The summed E-state index contributed by atoms with van der Waals surface area (Å²) in [5.41, 5.74) is -1.43. The number of nitriles is 1. The molecule has 3 heterocycles. The van der Waals surface area contributed by atoms with Gasteiger partial charge in [0.2, 0.25) is 11.8 Å². The third-order valence-electron chi connectivity index (χ3n) is 5.80. The van der Waals surface area contributed by atoms with Gasteiger partial charge in [0, 0.05) is 43.8 Å². The summed E-state index contributed by atoms with van der Waals surface area (Å²) in [4.78, 5) is 32.0. The number of rotatable bonds is 4. The third-order valence-corrected chi connectivity index (χ3v) is 5.80. The Morgan fingerprint density at radius 1 is 1.05 bits per heavy atom. The highest BCUT2D eigenvalue weighted by Gasteiger charge is 2.34. The van der Waals surface area contributed by atoms with E-state index in [1.807, 2.05) is 0 Å². The van der Waals surface area contributed by atoms with E-state index in [-0.39, 0.29) is 29.6 Å². The van der Waals surface area contributed by atoms with Gasteiger partial charge in [-0.1, -0.05) is 6.07 Å². The van der Waals surface area contributed by atoms with Gasteiger partial charge in [-0.3, -0.25) is 4.79 Å². The van der Waals surface area contributed by atoms with Crippen molar-refractivity contribution < 1.29 is 32.2 Å². The maximum Gasteiger partial charge on any atom is 0.433 e. The van der Waals surface area contributed by atoms with E-state index in [2.05, 4.69) is 4.98 Å².